The second-order valence-electron chi connectivity index (χ2n) is 14.7. The Morgan fingerprint density at radius 1 is 0.326 bits per heavy atom. The smallest absolute Gasteiger partial charge is 0.0770 e. The van der Waals surface area contributed by atoms with Gasteiger partial charge in [-0.15, -0.1) is 0 Å². The number of hydrogen-bond acceptors (Lipinski definition) is 2. The summed E-state index contributed by atoms with van der Waals surface area (Å²) < 4.78 is 0. The molecule has 3 heteroatoms. The third-order valence-corrected chi connectivity index (χ3v) is 9.94. The molecule has 0 aliphatic carbocycles. The summed E-state index contributed by atoms with van der Waals surface area (Å²) >= 11 is 0. The Morgan fingerprint density at radius 2 is 0.500 bits per heavy atom. The number of unbranched alkanes of at least 4 members (excludes halogenated alkanes) is 31. The molecule has 0 fully saturated rings. The van der Waals surface area contributed by atoms with E-state index in [1.165, 1.54) is 245 Å². The topological polar surface area (TPSA) is 44.6 Å². The van der Waals surface area contributed by atoms with Crippen molar-refractivity contribution in [1.29, 1.82) is 0 Å². The number of carboxylic acid groups (broad SMARTS) is 1. The number of hydrogen-bond donors (Lipinski definition) is 1. The van der Waals surface area contributed by atoms with E-state index >= 15 is 0 Å². The van der Waals surface area contributed by atoms with Crippen LogP contribution < -0.4 is 10.0 Å². The quantitative estimate of drug-likeness (QED) is 0.0675. The highest BCUT2D eigenvalue weighted by atomic mass is 16.4. The van der Waals surface area contributed by atoms with Crippen molar-refractivity contribution in [2.75, 3.05) is 19.6 Å². The Hall–Kier alpha value is -0.570. The highest BCUT2D eigenvalue weighted by molar-refractivity contribution is 5.63. The van der Waals surface area contributed by atoms with Crippen LogP contribution in [0.4, 0.5) is 0 Å². The fraction of sp³-hybridized carbons (Fsp3) is 0.977. The van der Waals surface area contributed by atoms with E-state index in [0.29, 0.717) is 0 Å². The maximum absolute atomic E-state index is 9.26. The molecule has 0 amide bonds. The van der Waals surface area contributed by atoms with Crippen LogP contribution in [0.2, 0.25) is 0 Å². The van der Waals surface area contributed by atoms with Gasteiger partial charge in [-0.2, -0.15) is 0 Å². The number of nitrogens with one attached hydrogen (secondary N) is 1. The van der Waals surface area contributed by atoms with Gasteiger partial charge in [0.25, 0.3) is 0 Å². The molecule has 3 nitrogen and oxygen atoms in total. The number of quaternary nitrogens is 1. The Labute approximate surface area is 292 Å². The van der Waals surface area contributed by atoms with Crippen molar-refractivity contribution in [2.45, 2.75) is 252 Å². The highest BCUT2D eigenvalue weighted by Crippen LogP contribution is 2.15. The maximum Gasteiger partial charge on any atom is 0.0770 e. The van der Waals surface area contributed by atoms with E-state index in [0.717, 1.165) is 0 Å². The van der Waals surface area contributed by atoms with E-state index in [1.807, 2.05) is 4.90 Å². The average Bonchev–Trinajstić information content (AvgIpc) is 3.06. The molecule has 0 aliphatic rings. The normalized spacial score (nSPS) is 11.2. The first-order chi connectivity index (χ1) is 22.6. The van der Waals surface area contributed by atoms with Gasteiger partial charge in [-0.05, 0) is 38.5 Å². The monoisotopic (exact) mass is 652 g/mol. The van der Waals surface area contributed by atoms with E-state index in [4.69, 9.17) is 0 Å². The zero-order valence-electron chi connectivity index (χ0n) is 32.7. The first-order valence-electron chi connectivity index (χ1n) is 21.7. The molecule has 0 heterocycles. The average molecular weight is 652 g/mol. The predicted octanol–water partition coefficient (Wildman–Crippen LogP) is 12.3. The second-order valence-corrected chi connectivity index (χ2v) is 14.7. The summed E-state index contributed by atoms with van der Waals surface area (Å²) in [6.07, 6.45) is 50.1. The van der Waals surface area contributed by atoms with Crippen molar-refractivity contribution in [3.63, 3.8) is 0 Å². The molecule has 0 aromatic heterocycles. The van der Waals surface area contributed by atoms with Gasteiger partial charge in [0.05, 0.1) is 19.6 Å². The van der Waals surface area contributed by atoms with Crippen LogP contribution in [0.5, 0.6) is 0 Å². The lowest BCUT2D eigenvalue weighted by Gasteiger charge is -2.19. The Morgan fingerprint density at radius 3 is 0.696 bits per heavy atom. The molecule has 0 spiro atoms. The zero-order valence-corrected chi connectivity index (χ0v) is 32.7. The van der Waals surface area contributed by atoms with E-state index in [-0.39, 0.29) is 6.42 Å². The summed E-state index contributed by atoms with van der Waals surface area (Å²) in [6, 6.07) is 0. The molecule has 0 unspecified atom stereocenters. The fourth-order valence-electron chi connectivity index (χ4n) is 6.65. The fourth-order valence-corrected chi connectivity index (χ4v) is 6.65. The molecule has 0 saturated heterocycles. The van der Waals surface area contributed by atoms with Crippen LogP contribution in [0.25, 0.3) is 0 Å². The molecule has 278 valence electrons. The van der Waals surface area contributed by atoms with Crippen molar-refractivity contribution in [3.8, 4) is 0 Å². The summed E-state index contributed by atoms with van der Waals surface area (Å²) in [4.78, 5) is 11.2. The van der Waals surface area contributed by atoms with Crippen LogP contribution in [0.1, 0.15) is 252 Å². The van der Waals surface area contributed by atoms with Gasteiger partial charge in [0.15, 0.2) is 0 Å². The SMILES string of the molecule is CCC(=O)[O-].CCCCCCCCCCCCCCCCCC[NH+](CCCC)CCCCCCCCCCCCCCCCCC. The van der Waals surface area contributed by atoms with E-state index in [2.05, 4.69) is 20.8 Å². The van der Waals surface area contributed by atoms with Crippen LogP contribution in [0.3, 0.4) is 0 Å². The van der Waals surface area contributed by atoms with E-state index < -0.39 is 5.97 Å². The number of carbonyl (C=O) groups excluding carboxylic acids is 1. The van der Waals surface area contributed by atoms with Gasteiger partial charge < -0.3 is 14.8 Å². The number of rotatable bonds is 38. The first-order valence-corrected chi connectivity index (χ1v) is 21.7. The number of carbonyl (C=O) groups is 1. The minimum atomic E-state index is -0.995. The lowest BCUT2D eigenvalue weighted by Crippen LogP contribution is -3.12. The lowest BCUT2D eigenvalue weighted by atomic mass is 10.0. The molecule has 0 aromatic rings. The summed E-state index contributed by atoms with van der Waals surface area (Å²) in [5.74, 6) is -0.995. The molecule has 0 bridgehead atoms. The number of aliphatic carboxylic acids is 1. The van der Waals surface area contributed by atoms with Gasteiger partial charge in [-0.1, -0.05) is 214 Å². The van der Waals surface area contributed by atoms with E-state index in [9.17, 15) is 9.90 Å². The molecule has 0 aliphatic heterocycles. The number of carboxylic acids is 1. The van der Waals surface area contributed by atoms with Crippen molar-refractivity contribution in [1.82, 2.24) is 0 Å². The van der Waals surface area contributed by atoms with Gasteiger partial charge >= 0.3 is 0 Å². The molecule has 0 aromatic carbocycles. The summed E-state index contributed by atoms with van der Waals surface area (Å²) in [6.45, 7) is 12.8. The molecule has 0 radical (unpaired) electrons. The third-order valence-electron chi connectivity index (χ3n) is 9.94. The Kier molecular flexibility index (Phi) is 45.9. The van der Waals surface area contributed by atoms with Gasteiger partial charge in [-0.3, -0.25) is 0 Å². The summed E-state index contributed by atoms with van der Waals surface area (Å²) in [7, 11) is 0. The lowest BCUT2D eigenvalue weighted by molar-refractivity contribution is -0.900. The molecule has 0 rings (SSSR count). The van der Waals surface area contributed by atoms with Gasteiger partial charge in [0, 0.05) is 5.97 Å². The van der Waals surface area contributed by atoms with Crippen LogP contribution in [0.15, 0.2) is 0 Å². The van der Waals surface area contributed by atoms with Crippen LogP contribution in [0, 0.1) is 0 Å². The van der Waals surface area contributed by atoms with Gasteiger partial charge in [0.2, 0.25) is 0 Å². The minimum Gasteiger partial charge on any atom is -0.550 e. The van der Waals surface area contributed by atoms with Gasteiger partial charge in [-0.25, -0.2) is 0 Å². The third kappa shape index (κ3) is 45.6. The first kappa shape index (κ1) is 47.5. The second kappa shape index (κ2) is 44.4. The zero-order chi connectivity index (χ0) is 34.0. The molecule has 0 saturated carbocycles. The molecule has 0 atom stereocenters. The molecular weight excluding hydrogens is 562 g/mol. The Bertz CT molecular complexity index is 501. The van der Waals surface area contributed by atoms with Gasteiger partial charge in [0.1, 0.15) is 0 Å². The minimum absolute atomic E-state index is 0.111. The summed E-state index contributed by atoms with van der Waals surface area (Å²) in [5.41, 5.74) is 0. The summed E-state index contributed by atoms with van der Waals surface area (Å²) in [5, 5.41) is 9.26. The van der Waals surface area contributed by atoms with Crippen molar-refractivity contribution in [3.05, 3.63) is 0 Å². The maximum atomic E-state index is 9.26. The molecular formula is C43H89NO2. The van der Waals surface area contributed by atoms with Crippen LogP contribution >= 0.6 is 0 Å². The van der Waals surface area contributed by atoms with Crippen molar-refractivity contribution in [2.24, 2.45) is 0 Å². The molecule has 1 N–H and O–H groups in total. The predicted molar refractivity (Wildman–Crippen MR) is 205 cm³/mol. The molecule has 46 heavy (non-hydrogen) atoms. The van der Waals surface area contributed by atoms with E-state index in [1.54, 1.807) is 0 Å². The standard InChI is InChI=1S/C40H83N.C3H6O2/c1-4-7-10-12-14-16-18-20-22-24-26-28-30-32-34-36-39-41(38-9-6-3)40-37-35-33-31-29-27-25-23-21-19-17-15-13-11-8-5-2;1-2-3(4)5/h4-40H2,1-3H3;2H2,1H3,(H,4,5). The van der Waals surface area contributed by atoms with Crippen molar-refractivity contribution < 1.29 is 14.8 Å². The van der Waals surface area contributed by atoms with Crippen LogP contribution in [-0.4, -0.2) is 25.6 Å². The van der Waals surface area contributed by atoms with Crippen molar-refractivity contribution >= 4 is 5.97 Å². The Balaban J connectivity index is 0. The highest BCUT2D eigenvalue weighted by Gasteiger charge is 2.07. The van der Waals surface area contributed by atoms with Crippen LogP contribution in [-0.2, 0) is 4.79 Å². The largest absolute Gasteiger partial charge is 0.550 e.